The van der Waals surface area contributed by atoms with Crippen LogP contribution in [0.3, 0.4) is 0 Å². The van der Waals surface area contributed by atoms with Crippen LogP contribution >= 0.6 is 0 Å². The fourth-order valence-corrected chi connectivity index (χ4v) is 5.09. The van der Waals surface area contributed by atoms with E-state index < -0.39 is 32.0 Å². The van der Waals surface area contributed by atoms with Crippen LogP contribution in [0.5, 0.6) is 5.75 Å². The quantitative estimate of drug-likeness (QED) is 0.153. The predicted octanol–water partition coefficient (Wildman–Crippen LogP) is 6.76. The maximum absolute atomic E-state index is 13.5. The van der Waals surface area contributed by atoms with E-state index in [4.69, 9.17) is 23.4 Å². The maximum Gasteiger partial charge on any atom is 0.338 e. The zero-order chi connectivity index (χ0) is 32.0. The third kappa shape index (κ3) is 8.66. The Morgan fingerprint density at radius 1 is 0.881 bits per heavy atom. The molecule has 2 aromatic carbocycles. The first-order valence-electron chi connectivity index (χ1n) is 14.4. The summed E-state index contributed by atoms with van der Waals surface area (Å²) in [7, 11) is -0.750. The van der Waals surface area contributed by atoms with Crippen molar-refractivity contribution in [3.05, 3.63) is 63.2 Å². The Bertz CT molecular complexity index is 1240. The molecular weight excluding hydrogens is 552 g/mol. The van der Waals surface area contributed by atoms with Crippen molar-refractivity contribution in [2.24, 2.45) is 0 Å². The van der Waals surface area contributed by atoms with Crippen LogP contribution in [0.4, 0.5) is 0 Å². The molecule has 0 bridgehead atoms. The summed E-state index contributed by atoms with van der Waals surface area (Å²) < 4.78 is 28.7. The normalized spacial score (nSPS) is 14.2. The zero-order valence-electron chi connectivity index (χ0n) is 27.5. The van der Waals surface area contributed by atoms with Crippen LogP contribution in [0.2, 0.25) is 18.1 Å². The summed E-state index contributed by atoms with van der Waals surface area (Å²) in [6.45, 7) is 21.5. The number of hydrogen-bond donors (Lipinski definition) is 1. The Labute approximate surface area is 252 Å². The van der Waals surface area contributed by atoms with E-state index in [-0.39, 0.29) is 37.0 Å². The molecule has 42 heavy (non-hydrogen) atoms. The van der Waals surface area contributed by atoms with Crippen molar-refractivity contribution in [3.63, 3.8) is 0 Å². The first-order valence-corrected chi connectivity index (χ1v) is 17.3. The largest absolute Gasteiger partial charge is 0.467 e. The van der Waals surface area contributed by atoms with Gasteiger partial charge in [0.1, 0.15) is 18.0 Å². The maximum atomic E-state index is 13.5. The van der Waals surface area contributed by atoms with E-state index in [0.29, 0.717) is 11.3 Å². The molecule has 2 atom stereocenters. The number of rotatable bonds is 13. The fourth-order valence-electron chi connectivity index (χ4n) is 4.05. The predicted molar refractivity (Wildman–Crippen MR) is 167 cm³/mol. The number of esters is 2. The highest BCUT2D eigenvalue weighted by atomic mass is 28.4. The molecule has 2 rings (SSSR count). The monoisotopic (exact) mass is 602 g/mol. The zero-order valence-corrected chi connectivity index (χ0v) is 28.5. The first kappa shape index (κ1) is 35.5. The van der Waals surface area contributed by atoms with Gasteiger partial charge in [0, 0.05) is 7.11 Å². The second-order valence-electron chi connectivity index (χ2n) is 12.7. The van der Waals surface area contributed by atoms with Crippen LogP contribution in [0, 0.1) is 34.6 Å². The number of carbonyl (C=O) groups excluding carboxylic acids is 2. The van der Waals surface area contributed by atoms with Crippen LogP contribution in [0.25, 0.3) is 0 Å². The molecule has 0 spiro atoms. The molecular formula is C33H50O8Si. The summed E-state index contributed by atoms with van der Waals surface area (Å²) in [6.07, 6.45) is -0.990. The molecule has 234 valence electrons. The van der Waals surface area contributed by atoms with Gasteiger partial charge in [-0.05, 0) is 111 Å². The molecule has 8 nitrogen and oxygen atoms in total. The first-order chi connectivity index (χ1) is 19.4. The molecule has 2 aromatic rings. The molecule has 9 heteroatoms. The second-order valence-corrected chi connectivity index (χ2v) is 17.5. The minimum atomic E-state index is -2.27. The standard InChI is InChI=1S/C33H50O8Si/c1-13-33(36,19-40-42(11,12)32(7,8)9)29(18-38-30(34)26-14-21(2)24(5)22(3)15-26)41-31(35)27-16-23(4)25(6)28(17-27)39-20-37-10/h14-17,29,36H,13,18-20H2,1-12H3. The van der Waals surface area contributed by atoms with Crippen molar-refractivity contribution in [1.29, 1.82) is 0 Å². The van der Waals surface area contributed by atoms with E-state index in [1.54, 1.807) is 31.2 Å². The number of hydrogen-bond acceptors (Lipinski definition) is 8. The van der Waals surface area contributed by atoms with E-state index >= 15 is 0 Å². The average molecular weight is 603 g/mol. The SMILES string of the molecule is CCC(O)(CO[Si](C)(C)C(C)(C)C)C(COC(=O)c1cc(C)c(C)c(C)c1)OC(=O)c1cc(C)c(C)c(OCOC)c1. The lowest BCUT2D eigenvalue weighted by atomic mass is 9.94. The Kier molecular flexibility index (Phi) is 12.0. The molecule has 0 aromatic heterocycles. The van der Waals surface area contributed by atoms with Crippen LogP contribution in [0.15, 0.2) is 24.3 Å². The molecule has 0 aliphatic rings. The van der Waals surface area contributed by atoms with Gasteiger partial charge in [-0.1, -0.05) is 27.7 Å². The molecule has 0 saturated carbocycles. The number of methoxy groups -OCH3 is 1. The Morgan fingerprint density at radius 2 is 1.40 bits per heavy atom. The van der Waals surface area contributed by atoms with Crippen LogP contribution < -0.4 is 4.74 Å². The third-order valence-corrected chi connectivity index (χ3v) is 13.1. The van der Waals surface area contributed by atoms with Gasteiger partial charge in [0.25, 0.3) is 0 Å². The van der Waals surface area contributed by atoms with Gasteiger partial charge in [0.2, 0.25) is 0 Å². The van der Waals surface area contributed by atoms with E-state index in [9.17, 15) is 14.7 Å². The fraction of sp³-hybridized carbons (Fsp3) is 0.576. The Morgan fingerprint density at radius 3 is 1.90 bits per heavy atom. The topological polar surface area (TPSA) is 101 Å². The molecule has 0 aliphatic heterocycles. The van der Waals surface area contributed by atoms with Gasteiger partial charge < -0.3 is 28.5 Å². The number of benzene rings is 2. The molecule has 2 unspecified atom stereocenters. The van der Waals surface area contributed by atoms with Crippen molar-refractivity contribution in [3.8, 4) is 5.75 Å². The summed E-state index contributed by atoms with van der Waals surface area (Å²) in [6, 6.07) is 6.83. The van der Waals surface area contributed by atoms with E-state index in [0.717, 1.165) is 27.8 Å². The Balaban J connectivity index is 2.42. The summed E-state index contributed by atoms with van der Waals surface area (Å²) in [5.41, 5.74) is 3.77. The van der Waals surface area contributed by atoms with Crippen LogP contribution in [0.1, 0.15) is 82.6 Å². The van der Waals surface area contributed by atoms with Gasteiger partial charge in [-0.2, -0.15) is 0 Å². The number of carbonyl (C=O) groups is 2. The van der Waals surface area contributed by atoms with Crippen molar-refractivity contribution in [2.75, 3.05) is 27.1 Å². The second kappa shape index (κ2) is 14.2. The number of aliphatic hydroxyl groups is 1. The van der Waals surface area contributed by atoms with Gasteiger partial charge >= 0.3 is 11.9 Å². The lowest BCUT2D eigenvalue weighted by Gasteiger charge is -2.41. The molecule has 0 amide bonds. The molecule has 1 N–H and O–H groups in total. The van der Waals surface area contributed by atoms with Crippen molar-refractivity contribution in [2.45, 2.75) is 98.6 Å². The van der Waals surface area contributed by atoms with Crippen LogP contribution in [-0.4, -0.2) is 64.2 Å². The third-order valence-electron chi connectivity index (χ3n) is 8.67. The van der Waals surface area contributed by atoms with E-state index in [1.807, 2.05) is 34.6 Å². The number of aryl methyl sites for hydroxylation is 3. The molecule has 0 heterocycles. The minimum absolute atomic E-state index is 0.0235. The summed E-state index contributed by atoms with van der Waals surface area (Å²) in [5.74, 6) is -0.751. The molecule has 0 saturated heterocycles. The van der Waals surface area contributed by atoms with Gasteiger partial charge in [-0.25, -0.2) is 9.59 Å². The van der Waals surface area contributed by atoms with Gasteiger partial charge in [-0.15, -0.1) is 0 Å². The molecule has 0 radical (unpaired) electrons. The highest BCUT2D eigenvalue weighted by Crippen LogP contribution is 2.38. The number of ether oxygens (including phenoxy) is 4. The Hall–Kier alpha value is -2.72. The highest BCUT2D eigenvalue weighted by molar-refractivity contribution is 6.74. The molecule has 0 aliphatic carbocycles. The van der Waals surface area contributed by atoms with Gasteiger partial charge in [-0.3, -0.25) is 0 Å². The van der Waals surface area contributed by atoms with Crippen molar-refractivity contribution < 1.29 is 38.1 Å². The summed E-state index contributed by atoms with van der Waals surface area (Å²) >= 11 is 0. The minimum Gasteiger partial charge on any atom is -0.467 e. The van der Waals surface area contributed by atoms with Crippen molar-refractivity contribution >= 4 is 20.3 Å². The lowest BCUT2D eigenvalue weighted by molar-refractivity contribution is -0.126. The van der Waals surface area contributed by atoms with Gasteiger partial charge in [0.05, 0.1) is 17.7 Å². The molecule has 0 fully saturated rings. The average Bonchev–Trinajstić information content (AvgIpc) is 2.92. The smallest absolute Gasteiger partial charge is 0.338 e. The van der Waals surface area contributed by atoms with Crippen molar-refractivity contribution in [1.82, 2.24) is 0 Å². The van der Waals surface area contributed by atoms with E-state index in [1.165, 1.54) is 7.11 Å². The van der Waals surface area contributed by atoms with Gasteiger partial charge in [0.15, 0.2) is 21.2 Å². The van der Waals surface area contributed by atoms with E-state index in [2.05, 4.69) is 33.9 Å². The summed E-state index contributed by atoms with van der Waals surface area (Å²) in [4.78, 5) is 26.6. The summed E-state index contributed by atoms with van der Waals surface area (Å²) in [5, 5.41) is 11.8. The lowest BCUT2D eigenvalue weighted by Crippen LogP contribution is -2.54. The van der Waals surface area contributed by atoms with Crippen LogP contribution in [-0.2, 0) is 18.6 Å². The highest BCUT2D eigenvalue weighted by Gasteiger charge is 2.44.